The lowest BCUT2D eigenvalue weighted by molar-refractivity contribution is -0.991. The molecule has 6 nitrogen and oxygen atoms in total. The van der Waals surface area contributed by atoms with Gasteiger partial charge in [0.1, 0.15) is 11.9 Å². The molecule has 0 saturated heterocycles. The smallest absolute Gasteiger partial charge is 0.514 e. The van der Waals surface area contributed by atoms with Crippen molar-refractivity contribution in [3.8, 4) is 5.75 Å². The van der Waals surface area contributed by atoms with E-state index in [0.717, 1.165) is 42.9 Å². The molecule has 8 atom stereocenters. The molecule has 1 aromatic carbocycles. The Morgan fingerprint density at radius 3 is 2.50 bits per heavy atom. The molecular formula is C34H51NO5. The fraction of sp³-hybridized carbons (Fsp3) is 0.735. The maximum atomic E-state index is 12.5. The number of hydrogen-bond donors (Lipinski definition) is 2. The number of hydrogen-bond acceptors (Lipinski definition) is 5. The number of nitrogens with one attached hydrogen (secondary N) is 1. The summed E-state index contributed by atoms with van der Waals surface area (Å²) in [5, 5.41) is 19.1. The van der Waals surface area contributed by atoms with E-state index < -0.39 is 11.4 Å². The lowest BCUT2D eigenvalue weighted by Crippen LogP contribution is -2.99. The molecule has 4 aliphatic rings. The SMILES string of the molecule is CCCCCCCC[C@H]1CC[C@H]2[C@@H]3CC=C4C[C@@H](OC(=O)Oc5ccc([NH+]([O-])O)cc5)CC[C@]4(C)[C@H]3CC[C@]12C. The Bertz CT molecular complexity index is 1040. The number of rotatable bonds is 10. The molecule has 0 bridgehead atoms. The molecule has 1 aromatic rings. The molecule has 0 radical (unpaired) electrons. The molecule has 0 heterocycles. The summed E-state index contributed by atoms with van der Waals surface area (Å²) in [7, 11) is 0. The zero-order valence-corrected chi connectivity index (χ0v) is 25.0. The fourth-order valence-electron chi connectivity index (χ4n) is 9.40. The van der Waals surface area contributed by atoms with Gasteiger partial charge >= 0.3 is 6.16 Å². The average Bonchev–Trinajstić information content (AvgIpc) is 3.27. The lowest BCUT2D eigenvalue weighted by atomic mass is 9.47. The highest BCUT2D eigenvalue weighted by Crippen LogP contribution is 2.66. The van der Waals surface area contributed by atoms with Crippen molar-refractivity contribution in [2.75, 3.05) is 0 Å². The molecular weight excluding hydrogens is 502 g/mol. The van der Waals surface area contributed by atoms with Crippen LogP contribution in [0.25, 0.3) is 0 Å². The van der Waals surface area contributed by atoms with Crippen molar-refractivity contribution in [2.24, 2.45) is 34.5 Å². The number of fused-ring (bicyclic) bond motifs is 5. The summed E-state index contributed by atoms with van der Waals surface area (Å²) in [6, 6.07) is 5.84. The minimum absolute atomic E-state index is 0.156. The predicted octanol–water partition coefficient (Wildman–Crippen LogP) is 8.30. The molecule has 0 aliphatic heterocycles. The van der Waals surface area contributed by atoms with Gasteiger partial charge in [-0.3, -0.25) is 0 Å². The van der Waals surface area contributed by atoms with E-state index in [1.54, 1.807) is 0 Å². The minimum atomic E-state index is -1.01. The van der Waals surface area contributed by atoms with Gasteiger partial charge in [0, 0.05) is 18.6 Å². The standard InChI is InChI=1S/C34H51NO5/c1-4-5-6-7-8-9-10-24-12-18-30-29-17-11-25-23-28(19-21-34(25,3)31(29)20-22-33(24,30)2)40-32(36)39-27-15-13-26(14-16-27)35(37)38/h11,13-16,24,28-31,35,37H,4-10,12,17-23H2,1-3H3/t24-,28-,29-,30-,31-,33+,34-/m0/s1. The van der Waals surface area contributed by atoms with Crippen molar-refractivity contribution < 1.29 is 24.7 Å². The number of quaternary nitrogens is 1. The van der Waals surface area contributed by atoms with E-state index in [2.05, 4.69) is 26.8 Å². The largest absolute Gasteiger partial charge is 0.595 e. The van der Waals surface area contributed by atoms with Crippen LogP contribution in [-0.4, -0.2) is 17.5 Å². The van der Waals surface area contributed by atoms with E-state index >= 15 is 0 Å². The van der Waals surface area contributed by atoms with Crippen molar-refractivity contribution >= 4 is 11.8 Å². The summed E-state index contributed by atoms with van der Waals surface area (Å²) < 4.78 is 11.1. The van der Waals surface area contributed by atoms with Crippen LogP contribution in [0.5, 0.6) is 5.75 Å². The van der Waals surface area contributed by atoms with Crippen molar-refractivity contribution in [2.45, 2.75) is 123 Å². The van der Waals surface area contributed by atoms with Crippen LogP contribution in [0.2, 0.25) is 0 Å². The molecule has 2 N–H and O–H groups in total. The van der Waals surface area contributed by atoms with Gasteiger partial charge in [0.25, 0.3) is 0 Å². The van der Waals surface area contributed by atoms with Crippen LogP contribution in [-0.2, 0) is 4.74 Å². The van der Waals surface area contributed by atoms with Crippen molar-refractivity contribution in [1.29, 1.82) is 0 Å². The zero-order valence-electron chi connectivity index (χ0n) is 25.0. The molecule has 4 aliphatic carbocycles. The number of carbonyl (C=O) groups excluding carboxylic acids is 1. The Labute approximate surface area is 241 Å². The Morgan fingerprint density at radius 2 is 1.75 bits per heavy atom. The second-order valence-electron chi connectivity index (χ2n) is 13.8. The highest BCUT2D eigenvalue weighted by Gasteiger charge is 2.58. The van der Waals surface area contributed by atoms with Gasteiger partial charge < -0.3 is 14.7 Å². The van der Waals surface area contributed by atoms with Crippen LogP contribution in [0.3, 0.4) is 0 Å². The highest BCUT2D eigenvalue weighted by molar-refractivity contribution is 5.64. The first-order valence-corrected chi connectivity index (χ1v) is 16.2. The molecule has 1 unspecified atom stereocenters. The van der Waals surface area contributed by atoms with E-state index in [1.165, 1.54) is 107 Å². The first-order valence-electron chi connectivity index (χ1n) is 16.2. The van der Waals surface area contributed by atoms with E-state index in [0.29, 0.717) is 11.2 Å². The van der Waals surface area contributed by atoms with Gasteiger partial charge in [0.15, 0.2) is 5.69 Å². The quantitative estimate of drug-likeness (QED) is 0.100. The Kier molecular flexibility index (Phi) is 9.28. The summed E-state index contributed by atoms with van der Waals surface area (Å²) in [6.07, 6.45) is 21.0. The van der Waals surface area contributed by atoms with Gasteiger partial charge in [-0.05, 0) is 98.0 Å². The summed E-state index contributed by atoms with van der Waals surface area (Å²) in [5.41, 5.74) is 2.40. The third-order valence-corrected chi connectivity index (χ3v) is 11.7. The van der Waals surface area contributed by atoms with E-state index in [4.69, 9.17) is 14.7 Å². The lowest BCUT2D eigenvalue weighted by Gasteiger charge is -2.58. The fourth-order valence-corrected chi connectivity index (χ4v) is 9.40. The van der Waals surface area contributed by atoms with E-state index in [1.807, 2.05) is 0 Å². The number of carbonyl (C=O) groups is 1. The Morgan fingerprint density at radius 1 is 1.00 bits per heavy atom. The number of benzene rings is 1. The molecule has 0 amide bonds. The van der Waals surface area contributed by atoms with Gasteiger partial charge in [0.2, 0.25) is 0 Å². The van der Waals surface area contributed by atoms with Gasteiger partial charge in [-0.25, -0.2) is 10.0 Å². The first-order chi connectivity index (χ1) is 19.2. The Balaban J connectivity index is 1.16. The molecule has 5 rings (SSSR count). The van der Waals surface area contributed by atoms with E-state index in [9.17, 15) is 10.0 Å². The highest BCUT2D eigenvalue weighted by atomic mass is 16.8. The second kappa shape index (κ2) is 12.5. The molecule has 3 fully saturated rings. The molecule has 0 spiro atoms. The third kappa shape index (κ3) is 6.00. The summed E-state index contributed by atoms with van der Waals surface area (Å²) in [4.78, 5) is 12.5. The maximum Gasteiger partial charge on any atom is 0.514 e. The zero-order chi connectivity index (χ0) is 28.3. The van der Waals surface area contributed by atoms with E-state index in [-0.39, 0.29) is 17.2 Å². The van der Waals surface area contributed by atoms with Crippen LogP contribution >= 0.6 is 0 Å². The number of unbranched alkanes of at least 4 members (excludes halogenated alkanes) is 5. The topological polar surface area (TPSA) is 83.3 Å². The van der Waals surface area contributed by atoms with Crippen molar-refractivity contribution in [3.05, 3.63) is 41.1 Å². The summed E-state index contributed by atoms with van der Waals surface area (Å²) in [5.74, 6) is 3.63. The number of allylic oxidation sites excluding steroid dienone is 1. The van der Waals surface area contributed by atoms with Gasteiger partial charge in [0.05, 0.1) is 0 Å². The molecule has 3 saturated carbocycles. The van der Waals surface area contributed by atoms with Crippen molar-refractivity contribution in [3.63, 3.8) is 0 Å². The minimum Gasteiger partial charge on any atom is -0.595 e. The van der Waals surface area contributed by atoms with Crippen LogP contribution in [0.1, 0.15) is 117 Å². The van der Waals surface area contributed by atoms with Crippen LogP contribution in [0, 0.1) is 39.7 Å². The van der Waals surface area contributed by atoms with Crippen LogP contribution < -0.4 is 9.96 Å². The molecule has 0 aromatic heterocycles. The van der Waals surface area contributed by atoms with Crippen LogP contribution in [0.4, 0.5) is 10.5 Å². The molecule has 6 heteroatoms. The molecule has 40 heavy (non-hydrogen) atoms. The average molecular weight is 554 g/mol. The van der Waals surface area contributed by atoms with Gasteiger partial charge in [-0.2, -0.15) is 5.23 Å². The summed E-state index contributed by atoms with van der Waals surface area (Å²) in [6.45, 7) is 7.44. The monoisotopic (exact) mass is 553 g/mol. The maximum absolute atomic E-state index is 12.5. The van der Waals surface area contributed by atoms with Crippen molar-refractivity contribution in [1.82, 2.24) is 0 Å². The summed E-state index contributed by atoms with van der Waals surface area (Å²) >= 11 is 0. The number of ether oxygens (including phenoxy) is 2. The van der Waals surface area contributed by atoms with Gasteiger partial charge in [-0.1, -0.05) is 70.9 Å². The first kappa shape index (κ1) is 29.6. The third-order valence-electron chi connectivity index (χ3n) is 11.7. The Hall–Kier alpha value is -1.89. The predicted molar refractivity (Wildman–Crippen MR) is 156 cm³/mol. The normalized spacial score (nSPS) is 35.6. The second-order valence-corrected chi connectivity index (χ2v) is 13.8. The van der Waals surface area contributed by atoms with Gasteiger partial charge in [-0.15, -0.1) is 0 Å². The molecule has 222 valence electrons. The van der Waals surface area contributed by atoms with Crippen LogP contribution in [0.15, 0.2) is 35.9 Å².